The third-order valence-electron chi connectivity index (χ3n) is 7.46. The molecule has 0 bridgehead atoms. The molecule has 8 heteroatoms. The predicted octanol–water partition coefficient (Wildman–Crippen LogP) is 3.38. The molecular weight excluding hydrogens is 460 g/mol. The summed E-state index contributed by atoms with van der Waals surface area (Å²) in [6.45, 7) is 6.31. The van der Waals surface area contributed by atoms with Gasteiger partial charge in [-0.25, -0.2) is 4.98 Å². The van der Waals surface area contributed by atoms with Gasteiger partial charge < -0.3 is 9.80 Å². The molecule has 0 saturated carbocycles. The standard InChI is InChI=1S/C27H32N4O3S/c1-27(2,19-8-4-3-5-9-19)26(34)30-16-14-29(15-17-30)22(32)12-13-31-18-28-24-23(25(31)33)20-10-6-7-11-21(20)35-24/h3-5,8-9,18H,6-7,10-17H2,1-2H3. The topological polar surface area (TPSA) is 75.5 Å². The number of fused-ring (bicyclic) bond motifs is 3. The molecule has 1 saturated heterocycles. The molecule has 0 unspecified atom stereocenters. The van der Waals surface area contributed by atoms with E-state index in [2.05, 4.69) is 4.98 Å². The third-order valence-corrected chi connectivity index (χ3v) is 8.66. The molecule has 2 amide bonds. The predicted molar refractivity (Wildman–Crippen MR) is 138 cm³/mol. The number of thiophene rings is 1. The molecule has 1 aliphatic carbocycles. The van der Waals surface area contributed by atoms with E-state index in [-0.39, 0.29) is 23.8 Å². The van der Waals surface area contributed by atoms with E-state index in [1.165, 1.54) is 16.9 Å². The van der Waals surface area contributed by atoms with Crippen LogP contribution in [-0.4, -0.2) is 57.3 Å². The number of piperazine rings is 1. The molecule has 2 aliphatic rings. The number of carbonyl (C=O) groups is 2. The number of benzene rings is 1. The average molecular weight is 493 g/mol. The number of aryl methyl sites for hydroxylation is 3. The maximum Gasteiger partial charge on any atom is 0.262 e. The first-order chi connectivity index (χ1) is 16.9. The lowest BCUT2D eigenvalue weighted by Gasteiger charge is -2.39. The van der Waals surface area contributed by atoms with E-state index < -0.39 is 5.41 Å². The Bertz CT molecular complexity index is 1300. The molecule has 5 rings (SSSR count). The highest BCUT2D eigenvalue weighted by Gasteiger charge is 2.35. The minimum Gasteiger partial charge on any atom is -0.339 e. The molecule has 1 aromatic carbocycles. The van der Waals surface area contributed by atoms with Crippen LogP contribution in [0.5, 0.6) is 0 Å². The van der Waals surface area contributed by atoms with Crippen LogP contribution in [0.2, 0.25) is 0 Å². The van der Waals surface area contributed by atoms with Gasteiger partial charge in [-0.2, -0.15) is 0 Å². The largest absolute Gasteiger partial charge is 0.339 e. The number of amides is 2. The lowest BCUT2D eigenvalue weighted by atomic mass is 9.83. The van der Waals surface area contributed by atoms with Gasteiger partial charge in [0.05, 0.1) is 17.1 Å². The van der Waals surface area contributed by atoms with Crippen molar-refractivity contribution >= 4 is 33.4 Å². The molecule has 35 heavy (non-hydrogen) atoms. The van der Waals surface area contributed by atoms with Crippen molar-refractivity contribution in [3.63, 3.8) is 0 Å². The molecule has 1 aliphatic heterocycles. The average Bonchev–Trinajstić information content (AvgIpc) is 3.27. The van der Waals surface area contributed by atoms with Crippen molar-refractivity contribution in [1.29, 1.82) is 0 Å². The number of aromatic nitrogens is 2. The van der Waals surface area contributed by atoms with Crippen LogP contribution < -0.4 is 5.56 Å². The van der Waals surface area contributed by atoms with E-state index >= 15 is 0 Å². The molecular formula is C27H32N4O3S. The van der Waals surface area contributed by atoms with E-state index in [4.69, 9.17) is 0 Å². The van der Waals surface area contributed by atoms with Crippen LogP contribution in [0.1, 0.15) is 49.1 Å². The van der Waals surface area contributed by atoms with E-state index in [0.29, 0.717) is 32.7 Å². The van der Waals surface area contributed by atoms with Crippen LogP contribution in [-0.2, 0) is 34.4 Å². The Kier molecular flexibility index (Phi) is 6.49. The fourth-order valence-corrected chi connectivity index (χ4v) is 6.47. The van der Waals surface area contributed by atoms with Gasteiger partial charge in [0, 0.05) is 44.0 Å². The highest BCUT2D eigenvalue weighted by atomic mass is 32.1. The number of carbonyl (C=O) groups excluding carboxylic acids is 2. The lowest BCUT2D eigenvalue weighted by Crippen LogP contribution is -2.54. The second kappa shape index (κ2) is 9.57. The maximum atomic E-state index is 13.2. The second-order valence-corrected chi connectivity index (χ2v) is 11.1. The number of hydrogen-bond acceptors (Lipinski definition) is 5. The molecule has 184 valence electrons. The van der Waals surface area contributed by atoms with Crippen molar-refractivity contribution in [3.05, 3.63) is 63.0 Å². The summed E-state index contributed by atoms with van der Waals surface area (Å²) in [6, 6.07) is 9.82. The Morgan fingerprint density at radius 1 is 1.00 bits per heavy atom. The zero-order chi connectivity index (χ0) is 24.6. The Morgan fingerprint density at radius 3 is 2.43 bits per heavy atom. The zero-order valence-corrected chi connectivity index (χ0v) is 21.3. The van der Waals surface area contributed by atoms with Crippen molar-refractivity contribution < 1.29 is 9.59 Å². The third kappa shape index (κ3) is 4.51. The SMILES string of the molecule is CC(C)(C(=O)N1CCN(C(=O)CCn2cnc3sc4c(c3c2=O)CCCC4)CC1)c1ccccc1. The van der Waals surface area contributed by atoms with Crippen LogP contribution in [0.4, 0.5) is 0 Å². The van der Waals surface area contributed by atoms with Gasteiger partial charge in [0.2, 0.25) is 11.8 Å². The van der Waals surface area contributed by atoms with Crippen LogP contribution in [0.15, 0.2) is 41.5 Å². The van der Waals surface area contributed by atoms with Crippen molar-refractivity contribution in [2.24, 2.45) is 0 Å². The van der Waals surface area contributed by atoms with Gasteiger partial charge in [-0.1, -0.05) is 30.3 Å². The first kappa shape index (κ1) is 23.7. The molecule has 3 heterocycles. The normalized spacial score (nSPS) is 16.4. The van der Waals surface area contributed by atoms with Crippen LogP contribution in [0.25, 0.3) is 10.2 Å². The Balaban J connectivity index is 1.19. The summed E-state index contributed by atoms with van der Waals surface area (Å²) in [5.41, 5.74) is 1.53. The summed E-state index contributed by atoms with van der Waals surface area (Å²) in [6.07, 6.45) is 6.10. The minimum atomic E-state index is -0.610. The minimum absolute atomic E-state index is 0.0127. The van der Waals surface area contributed by atoms with Gasteiger partial charge in [0.15, 0.2) is 0 Å². The summed E-state index contributed by atoms with van der Waals surface area (Å²) in [4.78, 5) is 49.6. The molecule has 3 aromatic rings. The van der Waals surface area contributed by atoms with E-state index in [1.807, 2.05) is 54.0 Å². The molecule has 0 atom stereocenters. The number of rotatable bonds is 5. The Labute approximate surface area is 209 Å². The quantitative estimate of drug-likeness (QED) is 0.547. The monoisotopic (exact) mass is 492 g/mol. The smallest absolute Gasteiger partial charge is 0.262 e. The van der Waals surface area contributed by atoms with Gasteiger partial charge in [0.25, 0.3) is 5.56 Å². The molecule has 0 N–H and O–H groups in total. The maximum absolute atomic E-state index is 13.2. The first-order valence-corrected chi connectivity index (χ1v) is 13.3. The van der Waals surface area contributed by atoms with Gasteiger partial charge in [-0.3, -0.25) is 19.0 Å². The second-order valence-electron chi connectivity index (χ2n) is 10.0. The summed E-state index contributed by atoms with van der Waals surface area (Å²) in [5, 5.41) is 0.757. The van der Waals surface area contributed by atoms with Gasteiger partial charge in [-0.05, 0) is 50.7 Å². The highest BCUT2D eigenvalue weighted by Crippen LogP contribution is 2.33. The van der Waals surface area contributed by atoms with E-state index in [0.717, 1.165) is 35.0 Å². The van der Waals surface area contributed by atoms with Gasteiger partial charge in [-0.15, -0.1) is 11.3 Å². The van der Waals surface area contributed by atoms with E-state index in [1.54, 1.807) is 22.2 Å². The summed E-state index contributed by atoms with van der Waals surface area (Å²) in [5.74, 6) is 0.0968. The Hall–Kier alpha value is -3.00. The molecule has 0 radical (unpaired) electrons. The molecule has 1 fully saturated rings. The van der Waals surface area contributed by atoms with Crippen molar-refractivity contribution in [2.45, 2.75) is 57.9 Å². The van der Waals surface area contributed by atoms with Crippen LogP contribution >= 0.6 is 11.3 Å². The first-order valence-electron chi connectivity index (χ1n) is 12.5. The Morgan fingerprint density at radius 2 is 1.69 bits per heavy atom. The molecule has 7 nitrogen and oxygen atoms in total. The number of hydrogen-bond donors (Lipinski definition) is 0. The van der Waals surface area contributed by atoms with Crippen LogP contribution in [0, 0.1) is 0 Å². The van der Waals surface area contributed by atoms with Crippen molar-refractivity contribution in [1.82, 2.24) is 19.4 Å². The van der Waals surface area contributed by atoms with Crippen molar-refractivity contribution in [3.8, 4) is 0 Å². The van der Waals surface area contributed by atoms with Gasteiger partial charge in [0.1, 0.15) is 4.83 Å². The fraction of sp³-hybridized carbons (Fsp3) is 0.481. The zero-order valence-electron chi connectivity index (χ0n) is 20.5. The lowest BCUT2D eigenvalue weighted by molar-refractivity contribution is -0.142. The van der Waals surface area contributed by atoms with Crippen LogP contribution in [0.3, 0.4) is 0 Å². The summed E-state index contributed by atoms with van der Waals surface area (Å²) in [7, 11) is 0. The molecule has 2 aromatic heterocycles. The highest BCUT2D eigenvalue weighted by molar-refractivity contribution is 7.18. The molecule has 0 spiro atoms. The van der Waals surface area contributed by atoms with Crippen molar-refractivity contribution in [2.75, 3.05) is 26.2 Å². The summed E-state index contributed by atoms with van der Waals surface area (Å²) >= 11 is 1.64. The van der Waals surface area contributed by atoms with E-state index in [9.17, 15) is 14.4 Å². The summed E-state index contributed by atoms with van der Waals surface area (Å²) < 4.78 is 1.59. The fourth-order valence-electron chi connectivity index (χ4n) is 5.25. The van der Waals surface area contributed by atoms with Gasteiger partial charge >= 0.3 is 0 Å². The number of nitrogens with zero attached hydrogens (tertiary/aromatic N) is 4.